The lowest BCUT2D eigenvalue weighted by Crippen LogP contribution is -2.42. The van der Waals surface area contributed by atoms with Crippen molar-refractivity contribution in [2.24, 2.45) is 0 Å². The molecular formula is C19H24FN3O3S2. The topological polar surface area (TPSA) is 60.9 Å². The Morgan fingerprint density at radius 1 is 1.14 bits per heavy atom. The molecule has 0 unspecified atom stereocenters. The molecule has 0 aliphatic carbocycles. The number of carbonyl (C=O) groups excluding carboxylic acids is 1. The summed E-state index contributed by atoms with van der Waals surface area (Å²) >= 11 is 1.14. The predicted molar refractivity (Wildman–Crippen MR) is 107 cm³/mol. The van der Waals surface area contributed by atoms with E-state index in [9.17, 15) is 17.6 Å². The van der Waals surface area contributed by atoms with Gasteiger partial charge in [-0.05, 0) is 35.6 Å². The molecule has 0 spiro atoms. The van der Waals surface area contributed by atoms with Crippen LogP contribution < -0.4 is 0 Å². The molecule has 1 saturated heterocycles. The number of hydrogen-bond donors (Lipinski definition) is 0. The molecule has 28 heavy (non-hydrogen) atoms. The second-order valence-corrected chi connectivity index (χ2v) is 10.0. The second-order valence-electron chi connectivity index (χ2n) is 6.83. The number of thiophene rings is 1. The zero-order chi connectivity index (χ0) is 20.1. The van der Waals surface area contributed by atoms with E-state index >= 15 is 0 Å². The van der Waals surface area contributed by atoms with E-state index in [-0.39, 0.29) is 22.5 Å². The smallest absolute Gasteiger partial charge is 0.252 e. The monoisotopic (exact) mass is 425 g/mol. The quantitative estimate of drug-likeness (QED) is 0.712. The highest BCUT2D eigenvalue weighted by molar-refractivity contribution is 7.91. The first kappa shape index (κ1) is 20.9. The largest absolute Gasteiger partial charge is 0.340 e. The summed E-state index contributed by atoms with van der Waals surface area (Å²) in [6.07, 6.45) is 0.814. The number of sulfonamides is 1. The minimum Gasteiger partial charge on any atom is -0.340 e. The molecule has 152 valence electrons. The molecule has 0 radical (unpaired) electrons. The molecule has 0 bridgehead atoms. The van der Waals surface area contributed by atoms with Gasteiger partial charge < -0.3 is 4.90 Å². The molecule has 0 saturated carbocycles. The van der Waals surface area contributed by atoms with Crippen molar-refractivity contribution >= 4 is 27.3 Å². The van der Waals surface area contributed by atoms with Crippen molar-refractivity contribution in [3.63, 3.8) is 0 Å². The highest BCUT2D eigenvalue weighted by Gasteiger charge is 2.27. The molecule has 2 aromatic rings. The van der Waals surface area contributed by atoms with Crippen molar-refractivity contribution in [1.82, 2.24) is 14.1 Å². The van der Waals surface area contributed by atoms with Crippen molar-refractivity contribution in [3.05, 3.63) is 53.2 Å². The molecule has 6 nitrogen and oxygen atoms in total. The Balaban J connectivity index is 1.54. The number of benzene rings is 1. The number of hydrogen-bond acceptors (Lipinski definition) is 5. The lowest BCUT2D eigenvalue weighted by molar-refractivity contribution is -0.131. The summed E-state index contributed by atoms with van der Waals surface area (Å²) in [5.74, 6) is -0.440. The van der Waals surface area contributed by atoms with E-state index in [4.69, 9.17) is 0 Å². The molecule has 1 aliphatic rings. The average Bonchev–Trinajstić information content (AvgIpc) is 3.12. The van der Waals surface area contributed by atoms with Gasteiger partial charge in [-0.1, -0.05) is 18.2 Å². The Morgan fingerprint density at radius 2 is 1.89 bits per heavy atom. The van der Waals surface area contributed by atoms with E-state index in [0.29, 0.717) is 26.2 Å². The first-order chi connectivity index (χ1) is 13.4. The van der Waals surface area contributed by atoms with Gasteiger partial charge in [0, 0.05) is 39.8 Å². The first-order valence-electron chi connectivity index (χ1n) is 9.10. The van der Waals surface area contributed by atoms with Gasteiger partial charge >= 0.3 is 0 Å². The van der Waals surface area contributed by atoms with Crippen molar-refractivity contribution in [2.75, 3.05) is 39.8 Å². The van der Waals surface area contributed by atoms with Crippen LogP contribution in [0.2, 0.25) is 0 Å². The third-order valence-corrected chi connectivity index (χ3v) is 7.95. The van der Waals surface area contributed by atoms with Crippen molar-refractivity contribution in [1.29, 1.82) is 0 Å². The van der Waals surface area contributed by atoms with E-state index in [0.717, 1.165) is 34.2 Å². The van der Waals surface area contributed by atoms with Crippen molar-refractivity contribution < 1.29 is 17.6 Å². The third-order valence-electron chi connectivity index (χ3n) is 4.78. The van der Waals surface area contributed by atoms with Gasteiger partial charge in [0.1, 0.15) is 10.0 Å². The average molecular weight is 426 g/mol. The molecule has 9 heteroatoms. The molecule has 0 atom stereocenters. The Kier molecular flexibility index (Phi) is 6.82. The van der Waals surface area contributed by atoms with Gasteiger partial charge in [-0.25, -0.2) is 12.8 Å². The maximum Gasteiger partial charge on any atom is 0.252 e. The van der Waals surface area contributed by atoms with Crippen LogP contribution in [0.3, 0.4) is 0 Å². The fraction of sp³-hybridized carbons (Fsp3) is 0.421. The SMILES string of the molecule is CN(CC(=O)N1CCCN(Cc2ccc(F)cc2)CC1)S(=O)(=O)c1cccs1. The lowest BCUT2D eigenvalue weighted by Gasteiger charge is -2.24. The Hall–Kier alpha value is -1.81. The van der Waals surface area contributed by atoms with Gasteiger partial charge in [0.25, 0.3) is 10.0 Å². The molecule has 1 amide bonds. The van der Waals surface area contributed by atoms with Gasteiger partial charge in [0.15, 0.2) is 0 Å². The van der Waals surface area contributed by atoms with Gasteiger partial charge in [0.05, 0.1) is 6.54 Å². The summed E-state index contributed by atoms with van der Waals surface area (Å²) in [7, 11) is -2.19. The summed E-state index contributed by atoms with van der Waals surface area (Å²) in [6.45, 7) is 3.22. The lowest BCUT2D eigenvalue weighted by atomic mass is 10.2. The minimum absolute atomic E-state index is 0.168. The van der Waals surface area contributed by atoms with Crippen LogP contribution in [0.5, 0.6) is 0 Å². The van der Waals surface area contributed by atoms with Crippen LogP contribution in [0.15, 0.2) is 46.0 Å². The molecule has 2 heterocycles. The van der Waals surface area contributed by atoms with Gasteiger partial charge in [-0.3, -0.25) is 9.69 Å². The van der Waals surface area contributed by atoms with Crippen LogP contribution >= 0.6 is 11.3 Å². The maximum absolute atomic E-state index is 13.0. The summed E-state index contributed by atoms with van der Waals surface area (Å²) in [5, 5.41) is 1.70. The van der Waals surface area contributed by atoms with Crippen molar-refractivity contribution in [2.45, 2.75) is 17.2 Å². The molecule has 3 rings (SSSR count). The molecular weight excluding hydrogens is 401 g/mol. The van der Waals surface area contributed by atoms with Crippen LogP contribution in [0.1, 0.15) is 12.0 Å². The standard InChI is InChI=1S/C19H24FN3O3S2/c1-21(28(25,26)19-4-2-13-27-19)15-18(24)23-10-3-9-22(11-12-23)14-16-5-7-17(20)8-6-16/h2,4-8,13H,3,9-12,14-15H2,1H3. The van der Waals surface area contributed by atoms with Crippen LogP contribution in [0.4, 0.5) is 4.39 Å². The van der Waals surface area contributed by atoms with Crippen LogP contribution in [0, 0.1) is 5.82 Å². The third kappa shape index (κ3) is 5.16. The van der Waals surface area contributed by atoms with E-state index in [1.807, 2.05) is 0 Å². The number of amides is 1. The number of nitrogens with zero attached hydrogens (tertiary/aromatic N) is 3. The number of likely N-dealkylation sites (N-methyl/N-ethyl adjacent to an activating group) is 1. The maximum atomic E-state index is 13.0. The molecule has 1 aromatic carbocycles. The zero-order valence-electron chi connectivity index (χ0n) is 15.8. The predicted octanol–water partition coefficient (Wildman–Crippen LogP) is 2.24. The number of rotatable bonds is 6. The van der Waals surface area contributed by atoms with Gasteiger partial charge in [-0.15, -0.1) is 11.3 Å². The summed E-state index contributed by atoms with van der Waals surface area (Å²) in [6, 6.07) is 9.67. The number of carbonyl (C=O) groups is 1. The van der Waals surface area contributed by atoms with E-state index < -0.39 is 10.0 Å². The van der Waals surface area contributed by atoms with Crippen molar-refractivity contribution in [3.8, 4) is 0 Å². The fourth-order valence-corrected chi connectivity index (χ4v) is 5.49. The molecule has 1 aliphatic heterocycles. The van der Waals surface area contributed by atoms with Gasteiger partial charge in [-0.2, -0.15) is 4.31 Å². The molecule has 1 aromatic heterocycles. The molecule has 0 N–H and O–H groups in total. The normalized spacial score (nSPS) is 16.3. The van der Waals surface area contributed by atoms with E-state index in [1.165, 1.54) is 19.2 Å². The highest BCUT2D eigenvalue weighted by atomic mass is 32.2. The Morgan fingerprint density at radius 3 is 2.57 bits per heavy atom. The van der Waals surface area contributed by atoms with Gasteiger partial charge in [0.2, 0.25) is 5.91 Å². The zero-order valence-corrected chi connectivity index (χ0v) is 17.4. The fourth-order valence-electron chi connectivity index (χ4n) is 3.17. The highest BCUT2D eigenvalue weighted by Crippen LogP contribution is 2.20. The Bertz CT molecular complexity index is 886. The van der Waals surface area contributed by atoms with Crippen LogP contribution in [-0.4, -0.2) is 68.2 Å². The minimum atomic E-state index is -3.63. The summed E-state index contributed by atoms with van der Waals surface area (Å²) < 4.78 is 39.4. The first-order valence-corrected chi connectivity index (χ1v) is 11.4. The van der Waals surface area contributed by atoms with Crippen LogP contribution in [0.25, 0.3) is 0 Å². The second kappa shape index (κ2) is 9.13. The van der Waals surface area contributed by atoms with E-state index in [1.54, 1.807) is 34.5 Å². The molecule has 1 fully saturated rings. The summed E-state index contributed by atoms with van der Waals surface area (Å²) in [5.41, 5.74) is 1.03. The summed E-state index contributed by atoms with van der Waals surface area (Å²) in [4.78, 5) is 16.6. The van der Waals surface area contributed by atoms with Crippen LogP contribution in [-0.2, 0) is 21.4 Å². The number of halogens is 1. The Labute approximate surface area is 169 Å². The van der Waals surface area contributed by atoms with E-state index in [2.05, 4.69) is 4.90 Å².